The van der Waals surface area contributed by atoms with Gasteiger partial charge in [0.05, 0.1) is 11.4 Å². The molecule has 1 fully saturated rings. The Bertz CT molecular complexity index is 419. The van der Waals surface area contributed by atoms with E-state index in [0.717, 1.165) is 38.3 Å². The van der Waals surface area contributed by atoms with Gasteiger partial charge < -0.3 is 10.6 Å². The number of piperidine rings is 1. The molecular formula is C14H20F2N2. The molecule has 1 aromatic rings. The summed E-state index contributed by atoms with van der Waals surface area (Å²) in [4.78, 5) is 2.08. The molecule has 0 spiro atoms. The van der Waals surface area contributed by atoms with Crippen molar-refractivity contribution in [2.75, 3.05) is 17.2 Å². The minimum absolute atomic E-state index is 0.0689. The zero-order valence-electron chi connectivity index (χ0n) is 10.8. The smallest absolute Gasteiger partial charge is 0.151 e. The fourth-order valence-corrected chi connectivity index (χ4v) is 2.76. The maximum atomic E-state index is 13.5. The number of nitrogens with zero attached hydrogens (tertiary/aromatic N) is 1. The van der Waals surface area contributed by atoms with Crippen molar-refractivity contribution < 1.29 is 8.78 Å². The summed E-state index contributed by atoms with van der Waals surface area (Å²) in [5, 5.41) is 0. The molecule has 1 aromatic carbocycles. The normalized spacial score (nSPS) is 20.2. The fraction of sp³-hybridized carbons (Fsp3) is 0.571. The Balaban J connectivity index is 2.33. The minimum Gasteiger partial charge on any atom is -0.395 e. The van der Waals surface area contributed by atoms with E-state index >= 15 is 0 Å². The lowest BCUT2D eigenvalue weighted by Gasteiger charge is -2.38. The van der Waals surface area contributed by atoms with Crippen molar-refractivity contribution in [3.8, 4) is 0 Å². The van der Waals surface area contributed by atoms with Gasteiger partial charge in [0.25, 0.3) is 0 Å². The van der Waals surface area contributed by atoms with Gasteiger partial charge in [0, 0.05) is 18.7 Å². The van der Waals surface area contributed by atoms with E-state index in [9.17, 15) is 8.78 Å². The highest BCUT2D eigenvalue weighted by atomic mass is 19.1. The van der Waals surface area contributed by atoms with Crippen LogP contribution in [0, 0.1) is 11.6 Å². The first-order valence-electron chi connectivity index (χ1n) is 6.64. The van der Waals surface area contributed by atoms with E-state index in [1.807, 2.05) is 0 Å². The monoisotopic (exact) mass is 254 g/mol. The summed E-state index contributed by atoms with van der Waals surface area (Å²) in [6.45, 7) is 2.96. The molecule has 1 unspecified atom stereocenters. The van der Waals surface area contributed by atoms with Crippen LogP contribution in [0.2, 0.25) is 0 Å². The second-order valence-corrected chi connectivity index (χ2v) is 4.95. The predicted octanol–water partition coefficient (Wildman–Crippen LogP) is 3.71. The number of benzene rings is 1. The van der Waals surface area contributed by atoms with Crippen molar-refractivity contribution in [1.29, 1.82) is 0 Å². The summed E-state index contributed by atoms with van der Waals surface area (Å²) in [5.41, 5.74) is 6.35. The highest BCUT2D eigenvalue weighted by Gasteiger charge is 2.24. The highest BCUT2D eigenvalue weighted by molar-refractivity contribution is 5.68. The van der Waals surface area contributed by atoms with Gasteiger partial charge in [0.1, 0.15) is 5.82 Å². The van der Waals surface area contributed by atoms with Gasteiger partial charge >= 0.3 is 0 Å². The van der Waals surface area contributed by atoms with Crippen molar-refractivity contribution in [3.05, 3.63) is 23.8 Å². The average Bonchev–Trinajstić information content (AvgIpc) is 2.35. The van der Waals surface area contributed by atoms with Crippen LogP contribution >= 0.6 is 0 Å². The Morgan fingerprint density at radius 2 is 2.11 bits per heavy atom. The molecule has 0 aromatic heterocycles. The number of hydrogen-bond acceptors (Lipinski definition) is 2. The summed E-state index contributed by atoms with van der Waals surface area (Å²) in [5.74, 6) is -1.22. The van der Waals surface area contributed by atoms with Crippen molar-refractivity contribution in [2.45, 2.75) is 45.1 Å². The second-order valence-electron chi connectivity index (χ2n) is 4.95. The maximum Gasteiger partial charge on any atom is 0.151 e. The lowest BCUT2D eigenvalue weighted by atomic mass is 9.97. The van der Waals surface area contributed by atoms with Crippen LogP contribution in [0.15, 0.2) is 12.1 Å². The van der Waals surface area contributed by atoms with Gasteiger partial charge in [-0.2, -0.15) is 0 Å². The molecule has 0 radical (unpaired) electrons. The van der Waals surface area contributed by atoms with Crippen LogP contribution in [-0.2, 0) is 0 Å². The first-order valence-corrected chi connectivity index (χ1v) is 6.64. The topological polar surface area (TPSA) is 29.3 Å². The summed E-state index contributed by atoms with van der Waals surface area (Å²) in [6.07, 6.45) is 5.42. The zero-order chi connectivity index (χ0) is 13.1. The highest BCUT2D eigenvalue weighted by Crippen LogP contribution is 2.33. The standard InChI is InChI=1S/C14H20F2N2/c1-2-5-11-6-3-4-7-18(11)13-9-10(15)8-12(16)14(13)17/h8-9,11H,2-7,17H2,1H3. The number of halogens is 2. The molecule has 18 heavy (non-hydrogen) atoms. The van der Waals surface area contributed by atoms with E-state index < -0.39 is 11.6 Å². The SMILES string of the molecule is CCCC1CCCCN1c1cc(F)cc(F)c1N. The van der Waals surface area contributed by atoms with Crippen molar-refractivity contribution >= 4 is 11.4 Å². The predicted molar refractivity (Wildman–Crippen MR) is 70.7 cm³/mol. The van der Waals surface area contributed by atoms with Crippen molar-refractivity contribution in [1.82, 2.24) is 0 Å². The molecule has 4 heteroatoms. The molecule has 1 aliphatic heterocycles. The zero-order valence-corrected chi connectivity index (χ0v) is 10.8. The second kappa shape index (κ2) is 5.55. The van der Waals surface area contributed by atoms with Crippen LogP contribution in [0.5, 0.6) is 0 Å². The van der Waals surface area contributed by atoms with E-state index in [2.05, 4.69) is 11.8 Å². The molecule has 2 rings (SSSR count). The molecule has 0 saturated carbocycles. The van der Waals surface area contributed by atoms with Gasteiger partial charge in [-0.1, -0.05) is 13.3 Å². The molecule has 2 nitrogen and oxygen atoms in total. The van der Waals surface area contributed by atoms with E-state index in [1.165, 1.54) is 12.5 Å². The summed E-state index contributed by atoms with van der Waals surface area (Å²) >= 11 is 0. The lowest BCUT2D eigenvalue weighted by Crippen LogP contribution is -2.40. The Morgan fingerprint density at radius 3 is 2.83 bits per heavy atom. The van der Waals surface area contributed by atoms with Gasteiger partial charge in [-0.25, -0.2) is 8.78 Å². The fourth-order valence-electron chi connectivity index (χ4n) is 2.76. The molecule has 0 aliphatic carbocycles. The van der Waals surface area contributed by atoms with Crippen LogP contribution in [0.1, 0.15) is 39.0 Å². The number of nitrogen functional groups attached to an aromatic ring is 1. The van der Waals surface area contributed by atoms with Crippen LogP contribution < -0.4 is 10.6 Å². The van der Waals surface area contributed by atoms with Gasteiger partial charge in [-0.05, 0) is 31.7 Å². The Kier molecular flexibility index (Phi) is 4.04. The third kappa shape index (κ3) is 2.57. The molecule has 2 N–H and O–H groups in total. The molecule has 1 aliphatic rings. The van der Waals surface area contributed by atoms with E-state index in [-0.39, 0.29) is 5.69 Å². The first kappa shape index (κ1) is 13.1. The number of hydrogen-bond donors (Lipinski definition) is 1. The molecule has 1 atom stereocenters. The number of rotatable bonds is 3. The molecule has 1 saturated heterocycles. The first-order chi connectivity index (χ1) is 8.63. The van der Waals surface area contributed by atoms with E-state index in [0.29, 0.717) is 11.7 Å². The number of anilines is 2. The van der Waals surface area contributed by atoms with Crippen LogP contribution in [0.25, 0.3) is 0 Å². The van der Waals surface area contributed by atoms with Gasteiger partial charge in [-0.3, -0.25) is 0 Å². The average molecular weight is 254 g/mol. The molecule has 1 heterocycles. The molecule has 0 amide bonds. The maximum absolute atomic E-state index is 13.5. The third-order valence-corrected chi connectivity index (χ3v) is 3.63. The van der Waals surface area contributed by atoms with E-state index in [1.54, 1.807) is 0 Å². The van der Waals surface area contributed by atoms with E-state index in [4.69, 9.17) is 5.73 Å². The molecular weight excluding hydrogens is 234 g/mol. The van der Waals surface area contributed by atoms with Crippen molar-refractivity contribution in [2.24, 2.45) is 0 Å². The van der Waals surface area contributed by atoms with Crippen LogP contribution in [0.4, 0.5) is 20.2 Å². The molecule has 0 bridgehead atoms. The Morgan fingerprint density at radius 1 is 1.33 bits per heavy atom. The summed E-state index contributed by atoms with van der Waals surface area (Å²) in [7, 11) is 0. The summed E-state index contributed by atoms with van der Waals surface area (Å²) < 4.78 is 26.9. The van der Waals surface area contributed by atoms with Crippen LogP contribution in [0.3, 0.4) is 0 Å². The van der Waals surface area contributed by atoms with Gasteiger partial charge in [-0.15, -0.1) is 0 Å². The third-order valence-electron chi connectivity index (χ3n) is 3.63. The van der Waals surface area contributed by atoms with Crippen LogP contribution in [-0.4, -0.2) is 12.6 Å². The minimum atomic E-state index is -0.661. The quantitative estimate of drug-likeness (QED) is 0.833. The Labute approximate surface area is 107 Å². The van der Waals surface area contributed by atoms with Gasteiger partial charge in [0.15, 0.2) is 5.82 Å². The number of nitrogens with two attached hydrogens (primary N) is 1. The lowest BCUT2D eigenvalue weighted by molar-refractivity contribution is 0.434. The van der Waals surface area contributed by atoms with Crippen molar-refractivity contribution in [3.63, 3.8) is 0 Å². The largest absolute Gasteiger partial charge is 0.395 e. The Hall–Kier alpha value is -1.32. The van der Waals surface area contributed by atoms with Gasteiger partial charge in [0.2, 0.25) is 0 Å². The molecule has 100 valence electrons. The summed E-state index contributed by atoms with van der Waals surface area (Å²) in [6, 6.07) is 2.55.